The summed E-state index contributed by atoms with van der Waals surface area (Å²) in [6.07, 6.45) is 0. The van der Waals surface area contributed by atoms with Gasteiger partial charge in [-0.25, -0.2) is 4.39 Å². The van der Waals surface area contributed by atoms with E-state index < -0.39 is 17.8 Å². The summed E-state index contributed by atoms with van der Waals surface area (Å²) in [5, 5.41) is 11.9. The van der Waals surface area contributed by atoms with Crippen LogP contribution in [0.2, 0.25) is 0 Å². The molecule has 4 rings (SSSR count). The van der Waals surface area contributed by atoms with Crippen molar-refractivity contribution in [1.82, 2.24) is 25.0 Å². The molecule has 1 saturated heterocycles. The number of rotatable bonds is 8. The second-order valence-electron chi connectivity index (χ2n) is 8.25. The number of amides is 2. The van der Waals surface area contributed by atoms with E-state index in [0.717, 1.165) is 13.1 Å². The fraction of sp³-hybridized carbons (Fsp3) is 0.360. The normalized spacial score (nSPS) is 14.6. The number of aromatic nitrogens is 3. The first-order chi connectivity index (χ1) is 17.0. The maximum Gasteiger partial charge on any atom is 0.254 e. The summed E-state index contributed by atoms with van der Waals surface area (Å²) in [6.45, 7) is 7.27. The SMILES string of the molecule is CCn1c(SCC(=O)N2CCN(c3ccccc3)CC2)nnc1[C@H](C)NC(=O)c1ccccc1F. The predicted octanol–water partition coefficient (Wildman–Crippen LogP) is 3.37. The highest BCUT2D eigenvalue weighted by Gasteiger charge is 2.24. The topological polar surface area (TPSA) is 83.4 Å². The van der Waals surface area contributed by atoms with Crippen molar-refractivity contribution in [3.05, 3.63) is 71.8 Å². The number of hydrogen-bond donors (Lipinski definition) is 1. The lowest BCUT2D eigenvalue weighted by atomic mass is 10.2. The molecule has 0 unspecified atom stereocenters. The monoisotopic (exact) mass is 496 g/mol. The Bertz CT molecular complexity index is 1160. The van der Waals surface area contributed by atoms with E-state index in [1.54, 1.807) is 13.0 Å². The van der Waals surface area contributed by atoms with Gasteiger partial charge in [0.15, 0.2) is 11.0 Å². The predicted molar refractivity (Wildman–Crippen MR) is 134 cm³/mol. The lowest BCUT2D eigenvalue weighted by Gasteiger charge is -2.36. The minimum absolute atomic E-state index is 0.0190. The van der Waals surface area contributed by atoms with Crippen molar-refractivity contribution in [2.45, 2.75) is 31.6 Å². The van der Waals surface area contributed by atoms with Crippen LogP contribution in [0.3, 0.4) is 0 Å². The molecule has 1 aliphatic rings. The molecule has 0 saturated carbocycles. The Labute approximate surface area is 208 Å². The largest absolute Gasteiger partial charge is 0.368 e. The van der Waals surface area contributed by atoms with E-state index in [-0.39, 0.29) is 17.2 Å². The van der Waals surface area contributed by atoms with Crippen LogP contribution in [-0.2, 0) is 11.3 Å². The molecule has 35 heavy (non-hydrogen) atoms. The molecular formula is C25H29FN6O2S. The molecule has 10 heteroatoms. The van der Waals surface area contributed by atoms with Gasteiger partial charge in [0.05, 0.1) is 17.4 Å². The fourth-order valence-corrected chi connectivity index (χ4v) is 4.99. The molecule has 184 valence electrons. The first kappa shape index (κ1) is 24.7. The van der Waals surface area contributed by atoms with E-state index >= 15 is 0 Å². The molecule has 1 N–H and O–H groups in total. The van der Waals surface area contributed by atoms with Crippen LogP contribution >= 0.6 is 11.8 Å². The van der Waals surface area contributed by atoms with E-state index in [2.05, 4.69) is 32.5 Å². The number of halogens is 1. The number of benzene rings is 2. The summed E-state index contributed by atoms with van der Waals surface area (Å²) in [6, 6.07) is 15.6. The highest BCUT2D eigenvalue weighted by Crippen LogP contribution is 2.22. The molecule has 3 aromatic rings. The molecule has 0 bridgehead atoms. The van der Waals surface area contributed by atoms with Crippen LogP contribution in [0.25, 0.3) is 0 Å². The number of nitrogens with zero attached hydrogens (tertiary/aromatic N) is 5. The molecule has 8 nitrogen and oxygen atoms in total. The minimum Gasteiger partial charge on any atom is -0.368 e. The van der Waals surface area contributed by atoms with E-state index in [4.69, 9.17) is 0 Å². The number of anilines is 1. The highest BCUT2D eigenvalue weighted by molar-refractivity contribution is 7.99. The third-order valence-electron chi connectivity index (χ3n) is 5.99. The number of carbonyl (C=O) groups is 2. The summed E-state index contributed by atoms with van der Waals surface area (Å²) in [5.74, 6) is -0.201. The second-order valence-corrected chi connectivity index (χ2v) is 9.19. The van der Waals surface area contributed by atoms with Crippen molar-refractivity contribution < 1.29 is 14.0 Å². The van der Waals surface area contributed by atoms with Crippen molar-refractivity contribution in [2.24, 2.45) is 0 Å². The lowest BCUT2D eigenvalue weighted by Crippen LogP contribution is -2.49. The van der Waals surface area contributed by atoms with Crippen LogP contribution in [0.4, 0.5) is 10.1 Å². The average molecular weight is 497 g/mol. The smallest absolute Gasteiger partial charge is 0.254 e. The first-order valence-electron chi connectivity index (χ1n) is 11.7. The molecule has 2 amide bonds. The summed E-state index contributed by atoms with van der Waals surface area (Å²) in [7, 11) is 0. The third-order valence-corrected chi connectivity index (χ3v) is 6.95. The van der Waals surface area contributed by atoms with Crippen LogP contribution in [0.5, 0.6) is 0 Å². The summed E-state index contributed by atoms with van der Waals surface area (Å²) in [5.41, 5.74) is 1.16. The number of hydrogen-bond acceptors (Lipinski definition) is 6. The van der Waals surface area contributed by atoms with Gasteiger partial charge in [0, 0.05) is 38.4 Å². The van der Waals surface area contributed by atoms with Crippen LogP contribution < -0.4 is 10.2 Å². The zero-order valence-electron chi connectivity index (χ0n) is 19.9. The summed E-state index contributed by atoms with van der Waals surface area (Å²) < 4.78 is 15.8. The van der Waals surface area contributed by atoms with Gasteiger partial charge in [-0.05, 0) is 38.1 Å². The van der Waals surface area contributed by atoms with E-state index in [1.165, 1.54) is 35.6 Å². The quantitative estimate of drug-likeness (QED) is 0.482. The van der Waals surface area contributed by atoms with Gasteiger partial charge >= 0.3 is 0 Å². The second kappa shape index (κ2) is 11.4. The molecule has 0 aliphatic carbocycles. The van der Waals surface area contributed by atoms with Crippen molar-refractivity contribution in [2.75, 3.05) is 36.8 Å². The molecule has 1 fully saturated rings. The molecule has 1 aliphatic heterocycles. The Morgan fingerprint density at radius 2 is 1.71 bits per heavy atom. The average Bonchev–Trinajstić information content (AvgIpc) is 3.31. The Hall–Kier alpha value is -3.40. The molecule has 0 spiro atoms. The standard InChI is InChI=1S/C25H29FN6O2S/c1-3-32-23(18(2)27-24(34)20-11-7-8-12-21(20)26)28-29-25(32)35-17-22(33)31-15-13-30(14-16-31)19-9-5-4-6-10-19/h4-12,18H,3,13-17H2,1-2H3,(H,27,34)/t18-/m0/s1. The Morgan fingerprint density at radius 3 is 2.40 bits per heavy atom. The van der Waals surface area contributed by atoms with E-state index in [0.29, 0.717) is 30.6 Å². The van der Waals surface area contributed by atoms with Crippen molar-refractivity contribution in [1.29, 1.82) is 0 Å². The summed E-state index contributed by atoms with van der Waals surface area (Å²) in [4.78, 5) is 29.5. The third kappa shape index (κ3) is 5.82. The molecule has 0 radical (unpaired) electrons. The highest BCUT2D eigenvalue weighted by atomic mass is 32.2. The van der Waals surface area contributed by atoms with Gasteiger partial charge < -0.3 is 19.7 Å². The van der Waals surface area contributed by atoms with Gasteiger partial charge in [-0.3, -0.25) is 9.59 Å². The molecule has 2 aromatic carbocycles. The Kier molecular flexibility index (Phi) is 8.02. The zero-order chi connectivity index (χ0) is 24.8. The number of piperazine rings is 1. The maximum absolute atomic E-state index is 13.9. The molecule has 1 atom stereocenters. The number of carbonyl (C=O) groups excluding carboxylic acids is 2. The summed E-state index contributed by atoms with van der Waals surface area (Å²) >= 11 is 1.34. The van der Waals surface area contributed by atoms with Crippen LogP contribution in [0.1, 0.15) is 36.1 Å². The zero-order valence-corrected chi connectivity index (χ0v) is 20.7. The maximum atomic E-state index is 13.9. The van der Waals surface area contributed by atoms with Gasteiger partial charge in [-0.15, -0.1) is 10.2 Å². The van der Waals surface area contributed by atoms with Gasteiger partial charge in [0.25, 0.3) is 5.91 Å². The number of nitrogens with one attached hydrogen (secondary N) is 1. The van der Waals surface area contributed by atoms with Crippen molar-refractivity contribution in [3.8, 4) is 0 Å². The van der Waals surface area contributed by atoms with Crippen LogP contribution in [0.15, 0.2) is 59.8 Å². The number of para-hydroxylation sites is 1. The molecule has 2 heterocycles. The van der Waals surface area contributed by atoms with Crippen LogP contribution in [-0.4, -0.2) is 63.4 Å². The minimum atomic E-state index is -0.575. The first-order valence-corrected chi connectivity index (χ1v) is 12.7. The van der Waals surface area contributed by atoms with Crippen molar-refractivity contribution >= 4 is 29.3 Å². The Morgan fingerprint density at radius 1 is 1.03 bits per heavy atom. The van der Waals surface area contributed by atoms with Crippen LogP contribution in [0, 0.1) is 5.82 Å². The van der Waals surface area contributed by atoms with Crippen molar-refractivity contribution in [3.63, 3.8) is 0 Å². The Balaban J connectivity index is 1.32. The molecular weight excluding hydrogens is 467 g/mol. The van der Waals surface area contributed by atoms with Gasteiger partial charge in [0.2, 0.25) is 5.91 Å². The van der Waals surface area contributed by atoms with E-state index in [1.807, 2.05) is 34.6 Å². The molecule has 1 aromatic heterocycles. The van der Waals surface area contributed by atoms with E-state index in [9.17, 15) is 14.0 Å². The van der Waals surface area contributed by atoms with Gasteiger partial charge in [-0.2, -0.15) is 0 Å². The van der Waals surface area contributed by atoms with Gasteiger partial charge in [-0.1, -0.05) is 42.1 Å². The fourth-order valence-electron chi connectivity index (χ4n) is 4.08. The number of thioether (sulfide) groups is 1. The van der Waals surface area contributed by atoms with Gasteiger partial charge in [0.1, 0.15) is 5.82 Å². The lowest BCUT2D eigenvalue weighted by molar-refractivity contribution is -0.128.